The molecular formula is C28H38F3N7O2. The lowest BCUT2D eigenvalue weighted by molar-refractivity contribution is -0.137. The van der Waals surface area contributed by atoms with E-state index in [0.29, 0.717) is 37.2 Å². The number of nitrogens with one attached hydrogen (secondary N) is 3. The number of anilines is 3. The van der Waals surface area contributed by atoms with Gasteiger partial charge < -0.3 is 25.8 Å². The summed E-state index contributed by atoms with van der Waals surface area (Å²) < 4.78 is 41.7. The molecule has 1 aliphatic heterocycles. The van der Waals surface area contributed by atoms with Crippen LogP contribution < -0.4 is 16.0 Å². The van der Waals surface area contributed by atoms with Gasteiger partial charge in [-0.3, -0.25) is 9.59 Å². The van der Waals surface area contributed by atoms with E-state index in [1.54, 1.807) is 24.3 Å². The lowest BCUT2D eigenvalue weighted by Gasteiger charge is -2.32. The second kappa shape index (κ2) is 12.8. The fraction of sp³-hybridized carbons (Fsp3) is 0.571. The SMILES string of the molecule is CC(C)NC(=O)[C@H]1CCCCC[C@H]1Nc1nc(Nc2ccc(C(=O)N3CCN(C)CC3)cc2)ncc1C(F)(F)F. The first-order valence-electron chi connectivity index (χ1n) is 13.9. The van der Waals surface area contributed by atoms with Crippen molar-refractivity contribution in [2.24, 2.45) is 5.92 Å². The van der Waals surface area contributed by atoms with Crippen LogP contribution in [0.1, 0.15) is 61.9 Å². The zero-order chi connectivity index (χ0) is 28.9. The number of aromatic nitrogens is 2. The second-order valence-electron chi connectivity index (χ2n) is 10.9. The van der Waals surface area contributed by atoms with E-state index in [-0.39, 0.29) is 29.6 Å². The molecule has 1 aromatic carbocycles. The predicted octanol–water partition coefficient (Wildman–Crippen LogP) is 4.51. The van der Waals surface area contributed by atoms with Crippen LogP contribution in [-0.4, -0.2) is 76.9 Å². The number of piperazine rings is 1. The molecule has 2 amide bonds. The maximum Gasteiger partial charge on any atom is 0.421 e. The summed E-state index contributed by atoms with van der Waals surface area (Å²) in [6.07, 6.45) is -0.213. The fourth-order valence-corrected chi connectivity index (χ4v) is 5.14. The van der Waals surface area contributed by atoms with Gasteiger partial charge in [0.2, 0.25) is 11.9 Å². The van der Waals surface area contributed by atoms with Crippen LogP contribution in [-0.2, 0) is 11.0 Å². The van der Waals surface area contributed by atoms with Gasteiger partial charge in [-0.25, -0.2) is 4.98 Å². The molecule has 0 bridgehead atoms. The van der Waals surface area contributed by atoms with Gasteiger partial charge in [0.1, 0.15) is 11.4 Å². The van der Waals surface area contributed by atoms with Gasteiger partial charge in [-0.2, -0.15) is 18.2 Å². The number of likely N-dealkylation sites (N-methyl/N-ethyl adjacent to an activating group) is 1. The van der Waals surface area contributed by atoms with Crippen LogP contribution in [0.4, 0.5) is 30.6 Å². The lowest BCUT2D eigenvalue weighted by Crippen LogP contribution is -2.47. The van der Waals surface area contributed by atoms with Gasteiger partial charge in [0.15, 0.2) is 0 Å². The molecule has 2 heterocycles. The van der Waals surface area contributed by atoms with Gasteiger partial charge in [-0.1, -0.05) is 19.3 Å². The normalized spacial score (nSPS) is 20.6. The Hall–Kier alpha value is -3.41. The molecule has 2 aromatic rings. The highest BCUT2D eigenvalue weighted by Crippen LogP contribution is 2.36. The molecule has 0 spiro atoms. The summed E-state index contributed by atoms with van der Waals surface area (Å²) in [5, 5.41) is 8.81. The minimum atomic E-state index is -4.67. The van der Waals surface area contributed by atoms with Crippen LogP contribution in [0, 0.1) is 5.92 Å². The molecule has 0 unspecified atom stereocenters. The molecule has 2 atom stereocenters. The fourth-order valence-electron chi connectivity index (χ4n) is 5.14. The van der Waals surface area contributed by atoms with Crippen molar-refractivity contribution in [3.63, 3.8) is 0 Å². The van der Waals surface area contributed by atoms with E-state index in [1.165, 1.54) is 0 Å². The molecule has 3 N–H and O–H groups in total. The number of carbonyl (C=O) groups is 2. The van der Waals surface area contributed by atoms with E-state index >= 15 is 0 Å². The number of nitrogens with zero attached hydrogens (tertiary/aromatic N) is 4. The number of halogens is 3. The Labute approximate surface area is 232 Å². The first kappa shape index (κ1) is 29.6. The summed E-state index contributed by atoms with van der Waals surface area (Å²) >= 11 is 0. The summed E-state index contributed by atoms with van der Waals surface area (Å²) in [6, 6.07) is 6.14. The molecule has 218 valence electrons. The maximum absolute atomic E-state index is 13.9. The van der Waals surface area contributed by atoms with E-state index in [9.17, 15) is 22.8 Å². The molecule has 1 aromatic heterocycles. The Kier molecular flexibility index (Phi) is 9.49. The quantitative estimate of drug-likeness (QED) is 0.428. The van der Waals surface area contributed by atoms with Gasteiger partial charge in [-0.15, -0.1) is 0 Å². The number of rotatable bonds is 7. The van der Waals surface area contributed by atoms with Crippen LogP contribution in [0.3, 0.4) is 0 Å². The highest BCUT2D eigenvalue weighted by molar-refractivity contribution is 5.94. The molecule has 1 saturated carbocycles. The monoisotopic (exact) mass is 561 g/mol. The highest BCUT2D eigenvalue weighted by atomic mass is 19.4. The predicted molar refractivity (Wildman–Crippen MR) is 147 cm³/mol. The van der Waals surface area contributed by atoms with Gasteiger partial charge in [-0.05, 0) is 58.0 Å². The van der Waals surface area contributed by atoms with E-state index in [1.807, 2.05) is 25.8 Å². The van der Waals surface area contributed by atoms with Crippen molar-refractivity contribution in [1.29, 1.82) is 0 Å². The minimum Gasteiger partial charge on any atom is -0.366 e. The van der Waals surface area contributed by atoms with Crippen LogP contribution in [0.5, 0.6) is 0 Å². The van der Waals surface area contributed by atoms with Crippen LogP contribution >= 0.6 is 0 Å². The number of carbonyl (C=O) groups excluding carboxylic acids is 2. The largest absolute Gasteiger partial charge is 0.421 e. The third-order valence-electron chi connectivity index (χ3n) is 7.38. The van der Waals surface area contributed by atoms with Crippen LogP contribution in [0.15, 0.2) is 30.5 Å². The Bertz CT molecular complexity index is 1170. The van der Waals surface area contributed by atoms with Crippen molar-refractivity contribution in [2.75, 3.05) is 43.9 Å². The summed E-state index contributed by atoms with van der Waals surface area (Å²) in [7, 11) is 2.02. The van der Waals surface area contributed by atoms with Crippen molar-refractivity contribution in [3.05, 3.63) is 41.6 Å². The van der Waals surface area contributed by atoms with Crippen molar-refractivity contribution in [3.8, 4) is 0 Å². The number of hydrogen-bond donors (Lipinski definition) is 3. The van der Waals surface area contributed by atoms with Gasteiger partial charge in [0.05, 0.1) is 5.92 Å². The van der Waals surface area contributed by atoms with Crippen LogP contribution in [0.2, 0.25) is 0 Å². The lowest BCUT2D eigenvalue weighted by atomic mass is 9.93. The molecule has 0 radical (unpaired) electrons. The molecule has 9 nitrogen and oxygen atoms in total. The molecule has 2 fully saturated rings. The third-order valence-corrected chi connectivity index (χ3v) is 7.38. The van der Waals surface area contributed by atoms with Crippen molar-refractivity contribution in [1.82, 2.24) is 25.1 Å². The van der Waals surface area contributed by atoms with Gasteiger partial charge in [0.25, 0.3) is 5.91 Å². The van der Waals surface area contributed by atoms with Crippen molar-refractivity contribution >= 4 is 29.3 Å². The first-order valence-corrected chi connectivity index (χ1v) is 13.9. The van der Waals surface area contributed by atoms with E-state index in [2.05, 4.69) is 30.8 Å². The van der Waals surface area contributed by atoms with Crippen LogP contribution in [0.25, 0.3) is 0 Å². The van der Waals surface area contributed by atoms with Gasteiger partial charge >= 0.3 is 6.18 Å². The van der Waals surface area contributed by atoms with Crippen molar-refractivity contribution < 1.29 is 22.8 Å². The average Bonchev–Trinajstić information content (AvgIpc) is 3.14. The standard InChI is InChI=1S/C28H38F3N7O2/c1-18(2)33-25(39)21-7-5-4-6-8-23(21)35-24-22(28(29,30)31)17-32-27(36-24)34-20-11-9-19(10-12-20)26(40)38-15-13-37(3)14-16-38/h9-12,17-18,21,23H,4-8,13-16H2,1-3H3,(H,33,39)(H2,32,34,35,36)/t21-,23+/m0/s1. The number of hydrogen-bond acceptors (Lipinski definition) is 7. The molecule has 40 heavy (non-hydrogen) atoms. The van der Waals surface area contributed by atoms with E-state index < -0.39 is 23.7 Å². The number of alkyl halides is 3. The Balaban J connectivity index is 1.52. The summed E-state index contributed by atoms with van der Waals surface area (Å²) in [6.45, 7) is 6.66. The molecule has 4 rings (SSSR count). The molecule has 1 saturated heterocycles. The van der Waals surface area contributed by atoms with Gasteiger partial charge in [0, 0.05) is 55.7 Å². The summed E-state index contributed by atoms with van der Waals surface area (Å²) in [5.74, 6) is -1.08. The highest BCUT2D eigenvalue weighted by Gasteiger charge is 2.38. The van der Waals surface area contributed by atoms with Crippen molar-refractivity contribution in [2.45, 2.75) is 64.2 Å². The Morgan fingerprint density at radius 1 is 1.00 bits per heavy atom. The first-order chi connectivity index (χ1) is 19.0. The molecule has 12 heteroatoms. The molecule has 1 aliphatic carbocycles. The summed E-state index contributed by atoms with van der Waals surface area (Å²) in [5.41, 5.74) is 0.0765. The average molecular weight is 562 g/mol. The maximum atomic E-state index is 13.9. The molecular weight excluding hydrogens is 523 g/mol. The number of amides is 2. The van der Waals surface area contributed by atoms with E-state index in [0.717, 1.165) is 38.5 Å². The summed E-state index contributed by atoms with van der Waals surface area (Å²) in [4.78, 5) is 37.8. The van der Waals surface area contributed by atoms with E-state index in [4.69, 9.17) is 0 Å². The molecule has 2 aliphatic rings. The third kappa shape index (κ3) is 7.61. The number of benzene rings is 1. The topological polar surface area (TPSA) is 102 Å². The Morgan fingerprint density at radius 3 is 2.33 bits per heavy atom. The second-order valence-corrected chi connectivity index (χ2v) is 10.9. The smallest absolute Gasteiger partial charge is 0.366 e. The minimum absolute atomic E-state index is 0.0227. The zero-order valence-corrected chi connectivity index (χ0v) is 23.2. The Morgan fingerprint density at radius 2 is 1.68 bits per heavy atom. The zero-order valence-electron chi connectivity index (χ0n) is 23.2.